The van der Waals surface area contributed by atoms with Gasteiger partial charge < -0.3 is 4.90 Å². The number of nitrogens with one attached hydrogen (secondary N) is 1. The van der Waals surface area contributed by atoms with Crippen molar-refractivity contribution in [3.63, 3.8) is 0 Å². The van der Waals surface area contributed by atoms with E-state index in [-0.39, 0.29) is 11.2 Å². The Labute approximate surface area is 166 Å². The van der Waals surface area contributed by atoms with Gasteiger partial charge in [-0.15, -0.1) is 0 Å². The lowest BCUT2D eigenvalue weighted by Gasteiger charge is -2.47. The number of hydrazone groups is 1. The van der Waals surface area contributed by atoms with Gasteiger partial charge in [0.1, 0.15) is 0 Å². The molecule has 6 nitrogen and oxygen atoms in total. The van der Waals surface area contributed by atoms with Crippen LogP contribution in [0.2, 0.25) is 0 Å². The lowest BCUT2D eigenvalue weighted by molar-refractivity contribution is -0.384. The number of nitrogens with zero attached hydrogens (tertiary/aromatic N) is 3. The molecule has 0 amide bonds. The van der Waals surface area contributed by atoms with Crippen molar-refractivity contribution in [1.29, 1.82) is 0 Å². The van der Waals surface area contributed by atoms with E-state index in [2.05, 4.69) is 62.2 Å². The van der Waals surface area contributed by atoms with Gasteiger partial charge in [-0.3, -0.25) is 15.5 Å². The van der Waals surface area contributed by atoms with Crippen LogP contribution in [-0.4, -0.2) is 23.2 Å². The second-order valence-electron chi connectivity index (χ2n) is 8.10. The number of fused-ring (bicyclic) bond motifs is 1. The first-order valence-corrected chi connectivity index (χ1v) is 9.68. The Morgan fingerprint density at radius 2 is 2.00 bits per heavy atom. The van der Waals surface area contributed by atoms with E-state index >= 15 is 0 Å². The van der Waals surface area contributed by atoms with Crippen LogP contribution < -0.4 is 10.3 Å². The van der Waals surface area contributed by atoms with Crippen LogP contribution >= 0.6 is 0 Å². The molecule has 1 heterocycles. The standard InChI is InChI=1S/C22H28N4O2/c1-6-25-21-11-15(2)17(12-20(21)16(3)13-22(25,4)5)14-23-24-18-7-9-19(10-8-18)26(27)28/h7-12,14,16,24H,6,13H2,1-5H3/b23-14-. The smallest absolute Gasteiger partial charge is 0.269 e. The molecule has 1 atom stereocenters. The fourth-order valence-electron chi connectivity index (χ4n) is 4.22. The molecule has 3 rings (SSSR count). The highest BCUT2D eigenvalue weighted by Crippen LogP contribution is 2.43. The monoisotopic (exact) mass is 380 g/mol. The quantitative estimate of drug-likeness (QED) is 0.425. The molecule has 6 heteroatoms. The lowest BCUT2D eigenvalue weighted by Crippen LogP contribution is -2.48. The van der Waals surface area contributed by atoms with Crippen molar-refractivity contribution >= 4 is 23.3 Å². The van der Waals surface area contributed by atoms with Crippen LogP contribution in [0.3, 0.4) is 0 Å². The number of aryl methyl sites for hydroxylation is 1. The fraction of sp³-hybridized carbons (Fsp3) is 0.409. The third-order valence-electron chi connectivity index (χ3n) is 5.57. The molecule has 148 valence electrons. The first-order valence-electron chi connectivity index (χ1n) is 9.68. The molecule has 0 aromatic heterocycles. The summed E-state index contributed by atoms with van der Waals surface area (Å²) in [5, 5.41) is 15.1. The summed E-state index contributed by atoms with van der Waals surface area (Å²) >= 11 is 0. The summed E-state index contributed by atoms with van der Waals surface area (Å²) in [5.41, 5.74) is 8.82. The fourth-order valence-corrected chi connectivity index (χ4v) is 4.22. The van der Waals surface area contributed by atoms with Crippen molar-refractivity contribution in [2.24, 2.45) is 5.10 Å². The normalized spacial score (nSPS) is 18.2. The van der Waals surface area contributed by atoms with Gasteiger partial charge in [-0.2, -0.15) is 5.10 Å². The summed E-state index contributed by atoms with van der Waals surface area (Å²) in [4.78, 5) is 12.8. The van der Waals surface area contributed by atoms with E-state index in [0.29, 0.717) is 11.6 Å². The number of non-ortho nitro benzene ring substituents is 1. The van der Waals surface area contributed by atoms with E-state index in [9.17, 15) is 10.1 Å². The van der Waals surface area contributed by atoms with Crippen LogP contribution in [0.25, 0.3) is 0 Å². The Balaban J connectivity index is 1.83. The Kier molecular flexibility index (Phi) is 5.40. The van der Waals surface area contributed by atoms with E-state index in [1.165, 1.54) is 28.9 Å². The topological polar surface area (TPSA) is 70.8 Å². The summed E-state index contributed by atoms with van der Waals surface area (Å²) in [5.74, 6) is 0.489. The molecule has 0 saturated heterocycles. The van der Waals surface area contributed by atoms with Crippen molar-refractivity contribution in [3.05, 3.63) is 63.2 Å². The number of nitro benzene ring substituents is 1. The van der Waals surface area contributed by atoms with E-state index < -0.39 is 4.92 Å². The molecule has 1 aliphatic rings. The zero-order chi connectivity index (χ0) is 20.5. The van der Waals surface area contributed by atoms with Crippen LogP contribution in [0.5, 0.6) is 0 Å². The molecular weight excluding hydrogens is 352 g/mol. The minimum Gasteiger partial charge on any atom is -0.366 e. The second-order valence-corrected chi connectivity index (χ2v) is 8.10. The van der Waals surface area contributed by atoms with E-state index in [4.69, 9.17) is 0 Å². The maximum Gasteiger partial charge on any atom is 0.269 e. The van der Waals surface area contributed by atoms with Crippen molar-refractivity contribution in [2.45, 2.75) is 52.5 Å². The molecule has 0 saturated carbocycles. The van der Waals surface area contributed by atoms with Crippen molar-refractivity contribution in [3.8, 4) is 0 Å². The molecule has 0 aliphatic carbocycles. The largest absolute Gasteiger partial charge is 0.366 e. The minimum atomic E-state index is -0.411. The van der Waals surface area contributed by atoms with Crippen LogP contribution in [0, 0.1) is 17.0 Å². The first kappa shape index (κ1) is 19.9. The summed E-state index contributed by atoms with van der Waals surface area (Å²) < 4.78 is 0. The molecular formula is C22H28N4O2. The zero-order valence-corrected chi connectivity index (χ0v) is 17.2. The summed E-state index contributed by atoms with van der Waals surface area (Å²) in [6.45, 7) is 12.2. The molecule has 2 aromatic rings. The van der Waals surface area contributed by atoms with Crippen molar-refractivity contribution in [2.75, 3.05) is 16.9 Å². The zero-order valence-electron chi connectivity index (χ0n) is 17.2. The molecule has 0 bridgehead atoms. The maximum absolute atomic E-state index is 10.7. The minimum absolute atomic E-state index is 0.0671. The van der Waals surface area contributed by atoms with Gasteiger partial charge in [-0.1, -0.05) is 6.92 Å². The Bertz CT molecular complexity index is 903. The maximum atomic E-state index is 10.7. The predicted molar refractivity (Wildman–Crippen MR) is 116 cm³/mol. The predicted octanol–water partition coefficient (Wildman–Crippen LogP) is 5.46. The van der Waals surface area contributed by atoms with Crippen molar-refractivity contribution in [1.82, 2.24) is 0 Å². The van der Waals surface area contributed by atoms with Gasteiger partial charge in [0.05, 0.1) is 16.8 Å². The number of hydrogen-bond acceptors (Lipinski definition) is 5. The number of hydrogen-bond donors (Lipinski definition) is 1. The van der Waals surface area contributed by atoms with E-state index in [1.807, 2.05) is 6.21 Å². The lowest BCUT2D eigenvalue weighted by atomic mass is 9.79. The molecule has 1 N–H and O–H groups in total. The SMILES string of the molecule is CCN1c2cc(C)c(/C=N\Nc3ccc([N+](=O)[O-])cc3)cc2C(C)CC1(C)C. The molecule has 1 unspecified atom stereocenters. The highest BCUT2D eigenvalue weighted by Gasteiger charge is 2.35. The Morgan fingerprint density at radius 1 is 1.32 bits per heavy atom. The molecule has 0 radical (unpaired) electrons. The van der Waals surface area contributed by atoms with Gasteiger partial charge in [0.2, 0.25) is 0 Å². The van der Waals surface area contributed by atoms with Crippen LogP contribution in [0.1, 0.15) is 56.7 Å². The van der Waals surface area contributed by atoms with Crippen LogP contribution in [0.4, 0.5) is 17.1 Å². The van der Waals surface area contributed by atoms with Gasteiger partial charge in [0.15, 0.2) is 0 Å². The number of rotatable bonds is 5. The van der Waals surface area contributed by atoms with Gasteiger partial charge >= 0.3 is 0 Å². The average molecular weight is 380 g/mol. The summed E-state index contributed by atoms with van der Waals surface area (Å²) in [6, 6.07) is 10.7. The molecule has 28 heavy (non-hydrogen) atoms. The number of nitro groups is 1. The van der Waals surface area contributed by atoms with E-state index in [0.717, 1.165) is 18.5 Å². The summed E-state index contributed by atoms with van der Waals surface area (Å²) in [7, 11) is 0. The first-order chi connectivity index (χ1) is 13.2. The highest BCUT2D eigenvalue weighted by molar-refractivity contribution is 5.84. The molecule has 0 fully saturated rings. The number of benzene rings is 2. The third kappa shape index (κ3) is 3.86. The highest BCUT2D eigenvalue weighted by atomic mass is 16.6. The van der Waals surface area contributed by atoms with Gasteiger partial charge in [-0.05, 0) is 81.0 Å². The van der Waals surface area contributed by atoms with Crippen molar-refractivity contribution < 1.29 is 4.92 Å². The average Bonchev–Trinajstić information content (AvgIpc) is 2.62. The van der Waals surface area contributed by atoms with Gasteiger partial charge in [0.25, 0.3) is 5.69 Å². The molecule has 1 aliphatic heterocycles. The molecule has 2 aromatic carbocycles. The van der Waals surface area contributed by atoms with Crippen LogP contribution in [0.15, 0.2) is 41.5 Å². The van der Waals surface area contributed by atoms with Crippen LogP contribution in [-0.2, 0) is 0 Å². The number of anilines is 2. The Hall–Kier alpha value is -2.89. The Morgan fingerprint density at radius 3 is 2.61 bits per heavy atom. The van der Waals surface area contributed by atoms with E-state index in [1.54, 1.807) is 12.1 Å². The second kappa shape index (κ2) is 7.62. The third-order valence-corrected chi connectivity index (χ3v) is 5.57. The van der Waals surface area contributed by atoms with Gasteiger partial charge in [-0.25, -0.2) is 0 Å². The van der Waals surface area contributed by atoms with Gasteiger partial charge in [0, 0.05) is 29.9 Å². The summed E-state index contributed by atoms with van der Waals surface area (Å²) in [6.07, 6.45) is 2.94. The molecule has 0 spiro atoms.